The van der Waals surface area contributed by atoms with Gasteiger partial charge in [0.25, 0.3) is 0 Å². The maximum Gasteiger partial charge on any atom is 0.235 e. The van der Waals surface area contributed by atoms with Crippen molar-refractivity contribution < 1.29 is 14.3 Å². The Balaban J connectivity index is 2.42. The van der Waals surface area contributed by atoms with Crippen LogP contribution in [-0.4, -0.2) is 12.9 Å². The maximum absolute atomic E-state index is 10.1. The topological polar surface area (TPSA) is 47.9 Å². The summed E-state index contributed by atoms with van der Waals surface area (Å²) in [4.78, 5) is 13.6. The van der Waals surface area contributed by atoms with E-state index in [1.165, 1.54) is 6.08 Å². The Morgan fingerprint density at radius 2 is 2.40 bits per heavy atom. The van der Waals surface area contributed by atoms with Gasteiger partial charge in [0.2, 0.25) is 6.08 Å². The number of benzene rings is 1. The summed E-state index contributed by atoms with van der Waals surface area (Å²) < 4.78 is 11.5. The van der Waals surface area contributed by atoms with Crippen LogP contribution >= 0.6 is 15.9 Å². The van der Waals surface area contributed by atoms with Crippen LogP contribution < -0.4 is 4.74 Å². The lowest BCUT2D eigenvalue weighted by atomic mass is 10.1. The van der Waals surface area contributed by atoms with E-state index in [2.05, 4.69) is 20.9 Å². The summed E-state index contributed by atoms with van der Waals surface area (Å²) in [7, 11) is 0. The van der Waals surface area contributed by atoms with E-state index < -0.39 is 0 Å². The molecule has 0 atom stereocenters. The number of ether oxygens (including phenoxy) is 2. The van der Waals surface area contributed by atoms with Crippen molar-refractivity contribution in [3.8, 4) is 5.75 Å². The molecule has 78 valence electrons. The zero-order valence-electron chi connectivity index (χ0n) is 7.83. The van der Waals surface area contributed by atoms with Crippen LogP contribution in [0.15, 0.2) is 21.6 Å². The highest BCUT2D eigenvalue weighted by Crippen LogP contribution is 2.32. The normalized spacial score (nSPS) is 13.7. The van der Waals surface area contributed by atoms with Gasteiger partial charge in [-0.05, 0) is 12.1 Å². The second-order valence-electron chi connectivity index (χ2n) is 3.07. The first kappa shape index (κ1) is 10.4. The monoisotopic (exact) mass is 269 g/mol. The van der Waals surface area contributed by atoms with Crippen molar-refractivity contribution in [1.29, 1.82) is 0 Å². The van der Waals surface area contributed by atoms with Crippen molar-refractivity contribution in [2.24, 2.45) is 4.99 Å². The summed E-state index contributed by atoms with van der Waals surface area (Å²) in [6, 6.07) is 3.81. The van der Waals surface area contributed by atoms with E-state index in [9.17, 15) is 4.79 Å². The van der Waals surface area contributed by atoms with Gasteiger partial charge in [-0.25, -0.2) is 9.79 Å². The highest BCUT2D eigenvalue weighted by molar-refractivity contribution is 9.10. The molecule has 0 radical (unpaired) electrons. The third-order valence-electron chi connectivity index (χ3n) is 2.07. The summed E-state index contributed by atoms with van der Waals surface area (Å²) in [5, 5.41) is 0. The van der Waals surface area contributed by atoms with Crippen LogP contribution in [0.25, 0.3) is 0 Å². The van der Waals surface area contributed by atoms with Crippen LogP contribution in [0.2, 0.25) is 0 Å². The minimum Gasteiger partial charge on any atom is -0.467 e. The summed E-state index contributed by atoms with van der Waals surface area (Å²) >= 11 is 3.38. The van der Waals surface area contributed by atoms with E-state index in [1.807, 2.05) is 12.1 Å². The molecule has 5 heteroatoms. The molecule has 1 aromatic carbocycles. The van der Waals surface area contributed by atoms with Gasteiger partial charge in [0.05, 0.1) is 13.2 Å². The summed E-state index contributed by atoms with van der Waals surface area (Å²) in [5.41, 5.74) is 1.83. The van der Waals surface area contributed by atoms with Gasteiger partial charge >= 0.3 is 0 Å². The lowest BCUT2D eigenvalue weighted by Crippen LogP contribution is -2.13. The highest BCUT2D eigenvalue weighted by atomic mass is 79.9. The van der Waals surface area contributed by atoms with E-state index in [1.54, 1.807) is 0 Å². The lowest BCUT2D eigenvalue weighted by molar-refractivity contribution is -0.0170. The number of hydrogen-bond acceptors (Lipinski definition) is 4. The molecule has 0 unspecified atom stereocenters. The van der Waals surface area contributed by atoms with Crippen molar-refractivity contribution in [3.05, 3.63) is 27.7 Å². The third-order valence-corrected chi connectivity index (χ3v) is 2.52. The first-order valence-corrected chi connectivity index (χ1v) is 5.16. The molecule has 0 fully saturated rings. The van der Waals surface area contributed by atoms with Gasteiger partial charge in [-0.1, -0.05) is 15.9 Å². The van der Waals surface area contributed by atoms with Gasteiger partial charge in [0.15, 0.2) is 6.79 Å². The number of carbonyl (C=O) groups excluding carboxylic acids is 1. The Morgan fingerprint density at radius 3 is 3.20 bits per heavy atom. The molecule has 0 aromatic heterocycles. The fourth-order valence-corrected chi connectivity index (χ4v) is 2.04. The van der Waals surface area contributed by atoms with Crippen LogP contribution in [0.1, 0.15) is 11.1 Å². The first-order chi connectivity index (χ1) is 7.31. The predicted octanol–water partition coefficient (Wildman–Crippen LogP) is 2.15. The largest absolute Gasteiger partial charge is 0.467 e. The predicted molar refractivity (Wildman–Crippen MR) is 56.3 cm³/mol. The van der Waals surface area contributed by atoms with Gasteiger partial charge in [-0.15, -0.1) is 0 Å². The Morgan fingerprint density at radius 1 is 1.53 bits per heavy atom. The molecule has 4 nitrogen and oxygen atoms in total. The molecule has 2 rings (SSSR count). The van der Waals surface area contributed by atoms with Crippen LogP contribution in [-0.2, 0) is 22.7 Å². The number of isocyanates is 1. The molecular formula is C10H8BrNO3. The second-order valence-corrected chi connectivity index (χ2v) is 3.99. The van der Waals surface area contributed by atoms with Crippen molar-refractivity contribution in [2.45, 2.75) is 13.2 Å². The van der Waals surface area contributed by atoms with Crippen LogP contribution in [0.4, 0.5) is 0 Å². The Hall–Kier alpha value is -1.16. The van der Waals surface area contributed by atoms with Gasteiger partial charge in [-0.3, -0.25) is 0 Å². The van der Waals surface area contributed by atoms with E-state index in [-0.39, 0.29) is 13.3 Å². The second kappa shape index (κ2) is 4.57. The number of hydrogen-bond donors (Lipinski definition) is 0. The molecular weight excluding hydrogens is 262 g/mol. The molecule has 15 heavy (non-hydrogen) atoms. The Bertz CT molecular complexity index is 427. The zero-order valence-corrected chi connectivity index (χ0v) is 9.41. The molecule has 0 saturated heterocycles. The minimum atomic E-state index is 0.242. The average Bonchev–Trinajstić information content (AvgIpc) is 2.25. The van der Waals surface area contributed by atoms with Crippen molar-refractivity contribution in [1.82, 2.24) is 0 Å². The highest BCUT2D eigenvalue weighted by Gasteiger charge is 2.15. The van der Waals surface area contributed by atoms with Crippen LogP contribution in [0.3, 0.4) is 0 Å². The number of halogens is 1. The summed E-state index contributed by atoms with van der Waals surface area (Å²) in [6.45, 7) is 1.05. The Labute approximate surface area is 95.0 Å². The van der Waals surface area contributed by atoms with Gasteiger partial charge in [0.1, 0.15) is 5.75 Å². The molecule has 0 bridgehead atoms. The summed E-state index contributed by atoms with van der Waals surface area (Å²) in [5.74, 6) is 0.767. The van der Waals surface area contributed by atoms with Crippen molar-refractivity contribution in [2.75, 3.05) is 6.79 Å². The molecule has 1 aliphatic rings. The molecule has 1 aliphatic heterocycles. The van der Waals surface area contributed by atoms with Crippen LogP contribution in [0, 0.1) is 0 Å². The van der Waals surface area contributed by atoms with E-state index in [0.29, 0.717) is 6.61 Å². The Kier molecular flexibility index (Phi) is 3.16. The third kappa shape index (κ3) is 2.26. The summed E-state index contributed by atoms with van der Waals surface area (Å²) in [6.07, 6.45) is 1.52. The average molecular weight is 270 g/mol. The molecule has 0 spiro atoms. The van der Waals surface area contributed by atoms with E-state index >= 15 is 0 Å². The standard InChI is InChI=1S/C10H8BrNO3/c11-9-1-7(3-12-5-13)10-8(2-9)4-14-6-15-10/h1-2H,3-4,6H2. The molecule has 0 aliphatic carbocycles. The minimum absolute atomic E-state index is 0.242. The molecule has 1 aromatic rings. The molecule has 0 amide bonds. The van der Waals surface area contributed by atoms with Gasteiger partial charge in [0, 0.05) is 15.6 Å². The lowest BCUT2D eigenvalue weighted by Gasteiger charge is -2.20. The number of rotatable bonds is 2. The quantitative estimate of drug-likeness (QED) is 0.611. The van der Waals surface area contributed by atoms with Gasteiger partial charge < -0.3 is 9.47 Å². The van der Waals surface area contributed by atoms with E-state index in [0.717, 1.165) is 21.3 Å². The SMILES string of the molecule is O=C=NCc1cc(Br)cc2c1OCOC2. The molecule has 1 heterocycles. The molecule has 0 saturated carbocycles. The zero-order chi connectivity index (χ0) is 10.7. The number of aliphatic imine (C=N–C) groups is 1. The molecule has 0 N–H and O–H groups in total. The van der Waals surface area contributed by atoms with Crippen molar-refractivity contribution in [3.63, 3.8) is 0 Å². The fraction of sp³-hybridized carbons (Fsp3) is 0.300. The number of fused-ring (bicyclic) bond motifs is 1. The van der Waals surface area contributed by atoms with Crippen molar-refractivity contribution >= 4 is 22.0 Å². The first-order valence-electron chi connectivity index (χ1n) is 4.36. The van der Waals surface area contributed by atoms with Gasteiger partial charge in [-0.2, -0.15) is 0 Å². The smallest absolute Gasteiger partial charge is 0.235 e. The fourth-order valence-electron chi connectivity index (χ4n) is 1.49. The number of nitrogens with zero attached hydrogens (tertiary/aromatic N) is 1. The maximum atomic E-state index is 10.1. The van der Waals surface area contributed by atoms with Crippen LogP contribution in [0.5, 0.6) is 5.75 Å². The van der Waals surface area contributed by atoms with E-state index in [4.69, 9.17) is 9.47 Å².